The van der Waals surface area contributed by atoms with Crippen LogP contribution in [0.25, 0.3) is 23.0 Å². The molecule has 2 N–H and O–H groups in total. The van der Waals surface area contributed by atoms with Crippen LogP contribution < -0.4 is 0 Å². The fraction of sp³-hybridized carbons (Fsp3) is 0.520. The molecule has 9 nitrogen and oxygen atoms in total. The summed E-state index contributed by atoms with van der Waals surface area (Å²) in [6.45, 7) is 6.52. The van der Waals surface area contributed by atoms with E-state index < -0.39 is 40.8 Å². The standard InChI is InChI=1S/C25H29F3N4O5/c1-24(2,3)21-19(25(26,27)28)20(30-36-21)23-29-22(31-37-23)16-8-6-15(7-9-16)17(33)13-32-10-4-5-14(12-32)11-18(34)35/h6-9,14,17,33H,4-5,10-13H2,1-3H3,(H,34,35)/t14-,17+/m1/s1. The highest BCUT2D eigenvalue weighted by molar-refractivity contribution is 5.67. The molecule has 0 unspecified atom stereocenters. The van der Waals surface area contributed by atoms with Gasteiger partial charge in [0.25, 0.3) is 5.89 Å². The van der Waals surface area contributed by atoms with Crippen LogP contribution in [0.2, 0.25) is 0 Å². The first-order valence-electron chi connectivity index (χ1n) is 12.0. The number of halogens is 3. The number of rotatable bonds is 7. The van der Waals surface area contributed by atoms with Crippen molar-refractivity contribution in [1.29, 1.82) is 0 Å². The summed E-state index contributed by atoms with van der Waals surface area (Å²) in [7, 11) is 0. The van der Waals surface area contributed by atoms with E-state index in [0.717, 1.165) is 19.4 Å². The van der Waals surface area contributed by atoms with E-state index >= 15 is 0 Å². The number of nitrogens with zero attached hydrogens (tertiary/aromatic N) is 4. The Bertz CT molecular complexity index is 1230. The number of carboxylic acid groups (broad SMARTS) is 1. The van der Waals surface area contributed by atoms with Crippen LogP contribution in [0.15, 0.2) is 33.3 Å². The molecule has 0 radical (unpaired) electrons. The number of likely N-dealkylation sites (tertiary alicyclic amines) is 1. The fourth-order valence-electron chi connectivity index (χ4n) is 4.58. The molecule has 1 fully saturated rings. The van der Waals surface area contributed by atoms with Crippen LogP contribution in [0, 0.1) is 5.92 Å². The molecule has 0 bridgehead atoms. The molecule has 1 aromatic carbocycles. The van der Waals surface area contributed by atoms with Gasteiger partial charge < -0.3 is 24.2 Å². The number of hydrogen-bond acceptors (Lipinski definition) is 8. The zero-order valence-electron chi connectivity index (χ0n) is 20.7. The summed E-state index contributed by atoms with van der Waals surface area (Å²) >= 11 is 0. The van der Waals surface area contributed by atoms with Crippen LogP contribution in [-0.4, -0.2) is 56.0 Å². The molecule has 1 aliphatic heterocycles. The summed E-state index contributed by atoms with van der Waals surface area (Å²) in [5.74, 6) is -1.42. The molecule has 0 saturated carbocycles. The largest absolute Gasteiger partial charge is 0.481 e. The molecule has 3 aromatic rings. The van der Waals surface area contributed by atoms with Gasteiger partial charge in [0.2, 0.25) is 5.82 Å². The number of aliphatic hydroxyl groups excluding tert-OH is 1. The third kappa shape index (κ3) is 6.19. The number of aliphatic hydroxyl groups is 1. The number of benzene rings is 1. The first-order valence-corrected chi connectivity index (χ1v) is 12.0. The molecule has 3 heterocycles. The lowest BCUT2D eigenvalue weighted by Crippen LogP contribution is -2.38. The average Bonchev–Trinajstić information content (AvgIpc) is 3.46. The van der Waals surface area contributed by atoms with E-state index in [1.165, 1.54) is 0 Å². The molecule has 2 atom stereocenters. The summed E-state index contributed by atoms with van der Waals surface area (Å²) < 4.78 is 51.6. The van der Waals surface area contributed by atoms with E-state index in [-0.39, 0.29) is 23.9 Å². The van der Waals surface area contributed by atoms with E-state index in [2.05, 4.69) is 20.2 Å². The van der Waals surface area contributed by atoms with Gasteiger partial charge in [-0.3, -0.25) is 4.79 Å². The zero-order chi connectivity index (χ0) is 27.0. The van der Waals surface area contributed by atoms with Gasteiger partial charge in [0.15, 0.2) is 11.5 Å². The third-order valence-electron chi connectivity index (χ3n) is 6.34. The summed E-state index contributed by atoms with van der Waals surface area (Å²) in [5.41, 5.74) is -1.43. The first kappa shape index (κ1) is 26.8. The Hall–Kier alpha value is -3.25. The lowest BCUT2D eigenvalue weighted by molar-refractivity contribution is -0.139. The lowest BCUT2D eigenvalue weighted by atomic mass is 9.89. The molecule has 1 saturated heterocycles. The molecule has 12 heteroatoms. The monoisotopic (exact) mass is 522 g/mol. The number of carboxylic acids is 1. The average molecular weight is 523 g/mol. The second kappa shape index (κ2) is 10.3. The van der Waals surface area contributed by atoms with Crippen molar-refractivity contribution in [2.75, 3.05) is 19.6 Å². The first-order chi connectivity index (χ1) is 17.3. The molecular formula is C25H29F3N4O5. The van der Waals surface area contributed by atoms with Gasteiger partial charge in [0, 0.05) is 30.5 Å². The molecule has 0 spiro atoms. The maximum absolute atomic E-state index is 13.8. The van der Waals surface area contributed by atoms with Crippen molar-refractivity contribution in [3.05, 3.63) is 41.2 Å². The van der Waals surface area contributed by atoms with E-state index in [1.807, 2.05) is 0 Å². The van der Waals surface area contributed by atoms with Crippen molar-refractivity contribution >= 4 is 5.97 Å². The maximum atomic E-state index is 13.8. The van der Waals surface area contributed by atoms with Crippen LogP contribution in [0.5, 0.6) is 0 Å². The van der Waals surface area contributed by atoms with Crippen molar-refractivity contribution in [3.8, 4) is 23.0 Å². The fourth-order valence-corrected chi connectivity index (χ4v) is 4.58. The highest BCUT2D eigenvalue weighted by Crippen LogP contribution is 2.43. The van der Waals surface area contributed by atoms with Gasteiger partial charge in [-0.15, -0.1) is 0 Å². The predicted octanol–water partition coefficient (Wildman–Crippen LogP) is 4.93. The highest BCUT2D eigenvalue weighted by Gasteiger charge is 2.45. The Morgan fingerprint density at radius 2 is 1.86 bits per heavy atom. The molecule has 0 amide bonds. The number of aromatic nitrogens is 3. The van der Waals surface area contributed by atoms with Crippen LogP contribution in [0.4, 0.5) is 13.2 Å². The van der Waals surface area contributed by atoms with Crippen LogP contribution in [0.1, 0.15) is 63.0 Å². The Morgan fingerprint density at radius 1 is 1.16 bits per heavy atom. The molecule has 0 aliphatic carbocycles. The minimum atomic E-state index is -4.73. The van der Waals surface area contributed by atoms with E-state index in [1.54, 1.807) is 45.0 Å². The minimum Gasteiger partial charge on any atom is -0.481 e. The van der Waals surface area contributed by atoms with Crippen LogP contribution >= 0.6 is 0 Å². The number of hydrogen-bond donors (Lipinski definition) is 2. The number of piperidine rings is 1. The molecule has 37 heavy (non-hydrogen) atoms. The second-order valence-electron chi connectivity index (χ2n) is 10.4. The van der Waals surface area contributed by atoms with Gasteiger partial charge >= 0.3 is 12.1 Å². The van der Waals surface area contributed by atoms with Crippen LogP contribution in [-0.2, 0) is 16.4 Å². The quantitative estimate of drug-likeness (QED) is 0.444. The van der Waals surface area contributed by atoms with Gasteiger partial charge in [0.05, 0.1) is 6.10 Å². The van der Waals surface area contributed by atoms with Crippen molar-refractivity contribution in [2.45, 2.75) is 57.7 Å². The third-order valence-corrected chi connectivity index (χ3v) is 6.34. The van der Waals surface area contributed by atoms with Gasteiger partial charge in [-0.05, 0) is 30.9 Å². The summed E-state index contributed by atoms with van der Waals surface area (Å²) in [5, 5.41) is 27.1. The van der Waals surface area contributed by atoms with Crippen molar-refractivity contribution in [2.24, 2.45) is 5.92 Å². The zero-order valence-corrected chi connectivity index (χ0v) is 20.7. The van der Waals surface area contributed by atoms with Crippen molar-refractivity contribution in [1.82, 2.24) is 20.2 Å². The SMILES string of the molecule is CC(C)(C)c1onc(-c2nc(-c3ccc([C@@H](O)CN4CCC[C@H](CC(=O)O)C4)cc3)no2)c1C(F)(F)F. The molecule has 1 aliphatic rings. The maximum Gasteiger partial charge on any atom is 0.422 e. The smallest absolute Gasteiger partial charge is 0.422 e. The Morgan fingerprint density at radius 3 is 2.49 bits per heavy atom. The van der Waals surface area contributed by atoms with Crippen molar-refractivity contribution in [3.63, 3.8) is 0 Å². The summed E-state index contributed by atoms with van der Waals surface area (Å²) in [6.07, 6.45) is -3.67. The Labute approximate surface area is 211 Å². The second-order valence-corrected chi connectivity index (χ2v) is 10.4. The molecule has 4 rings (SSSR count). The minimum absolute atomic E-state index is 0.0651. The van der Waals surface area contributed by atoms with E-state index in [9.17, 15) is 23.1 Å². The van der Waals surface area contributed by atoms with E-state index in [0.29, 0.717) is 24.2 Å². The van der Waals surface area contributed by atoms with Gasteiger partial charge in [0.1, 0.15) is 5.56 Å². The topological polar surface area (TPSA) is 126 Å². The molecule has 200 valence electrons. The van der Waals surface area contributed by atoms with E-state index in [4.69, 9.17) is 14.2 Å². The summed E-state index contributed by atoms with van der Waals surface area (Å²) in [4.78, 5) is 17.2. The number of aliphatic carboxylic acids is 1. The normalized spacial score (nSPS) is 18.2. The Kier molecular flexibility index (Phi) is 7.43. The van der Waals surface area contributed by atoms with Gasteiger partial charge in [-0.25, -0.2) is 0 Å². The van der Waals surface area contributed by atoms with Crippen molar-refractivity contribution < 1.29 is 37.2 Å². The van der Waals surface area contributed by atoms with Gasteiger partial charge in [-0.2, -0.15) is 18.2 Å². The van der Waals surface area contributed by atoms with Crippen LogP contribution in [0.3, 0.4) is 0 Å². The predicted molar refractivity (Wildman–Crippen MR) is 125 cm³/mol. The Balaban J connectivity index is 1.48. The number of alkyl halides is 3. The highest BCUT2D eigenvalue weighted by atomic mass is 19.4. The molecule has 2 aromatic heterocycles. The number of β-amino-alcohol motifs (C(OH)–C–C–N with tert-alkyl or cyclic N) is 1. The lowest BCUT2D eigenvalue weighted by Gasteiger charge is -2.33. The molecular weight excluding hydrogens is 493 g/mol. The summed E-state index contributed by atoms with van der Waals surface area (Å²) in [6, 6.07) is 6.66. The van der Waals surface area contributed by atoms with Gasteiger partial charge in [-0.1, -0.05) is 55.4 Å². The number of carbonyl (C=O) groups is 1.